The first kappa shape index (κ1) is 18.4. The van der Waals surface area contributed by atoms with Gasteiger partial charge in [-0.05, 0) is 25.2 Å². The van der Waals surface area contributed by atoms with Gasteiger partial charge in [-0.1, -0.05) is 65.0 Å². The Morgan fingerprint density at radius 1 is 0.947 bits per heavy atom. The van der Waals surface area contributed by atoms with Crippen molar-refractivity contribution in [2.45, 2.75) is 85.2 Å². The molecule has 3 atom stereocenters. The van der Waals surface area contributed by atoms with Crippen LogP contribution in [0, 0.1) is 11.8 Å². The zero-order chi connectivity index (χ0) is 14.7. The lowest BCUT2D eigenvalue weighted by Crippen LogP contribution is -2.34. The van der Waals surface area contributed by atoms with Crippen LogP contribution < -0.4 is 0 Å². The van der Waals surface area contributed by atoms with Crippen molar-refractivity contribution in [3.05, 3.63) is 0 Å². The number of rotatable bonds is 11. The minimum atomic E-state index is -0.580. The van der Waals surface area contributed by atoms with Gasteiger partial charge in [-0.15, -0.1) is 0 Å². The van der Waals surface area contributed by atoms with Gasteiger partial charge in [0.25, 0.3) is 0 Å². The molecule has 0 aromatic carbocycles. The Morgan fingerprint density at radius 3 is 1.95 bits per heavy atom. The quantitative estimate of drug-likeness (QED) is 0.327. The Balaban J connectivity index is 4.69. The monoisotopic (exact) mass is 271 g/mol. The second-order valence-electron chi connectivity index (χ2n) is 5.53. The van der Waals surface area contributed by atoms with Gasteiger partial charge in [0.1, 0.15) is 0 Å². The van der Waals surface area contributed by atoms with E-state index in [1.165, 1.54) is 0 Å². The molecule has 2 N–H and O–H groups in total. The predicted molar refractivity (Wildman–Crippen MR) is 81.8 cm³/mol. The Morgan fingerprint density at radius 2 is 1.53 bits per heavy atom. The first-order valence-corrected chi connectivity index (χ1v) is 8.05. The second kappa shape index (κ2) is 11.3. The van der Waals surface area contributed by atoms with E-state index in [4.69, 9.17) is 0 Å². The summed E-state index contributed by atoms with van der Waals surface area (Å²) in [5, 5.41) is 23.3. The van der Waals surface area contributed by atoms with E-state index in [9.17, 15) is 10.3 Å². The number of aliphatic hydroxyl groups excluding tert-OH is 1. The highest BCUT2D eigenvalue weighted by Gasteiger charge is 2.27. The summed E-state index contributed by atoms with van der Waals surface area (Å²) in [4.78, 5) is 0. The molecule has 0 spiro atoms. The summed E-state index contributed by atoms with van der Waals surface area (Å²) in [6.07, 6.45) is 7.83. The summed E-state index contributed by atoms with van der Waals surface area (Å²) >= 11 is 0. The standard InChI is InChI=1S/C16H33NO2/c1-5-9-11-13(7-3)15(17-19)16(18)14(8-4)12-10-6-2/h13-14,16,18-19H,5-12H2,1-4H3/t13-,14-,16-/m0/s1. The molecule has 0 bridgehead atoms. The van der Waals surface area contributed by atoms with Crippen molar-refractivity contribution in [3.63, 3.8) is 0 Å². The lowest BCUT2D eigenvalue weighted by Gasteiger charge is -2.26. The third kappa shape index (κ3) is 6.42. The van der Waals surface area contributed by atoms with Gasteiger partial charge >= 0.3 is 0 Å². The molecule has 0 amide bonds. The zero-order valence-electron chi connectivity index (χ0n) is 13.2. The van der Waals surface area contributed by atoms with E-state index < -0.39 is 6.10 Å². The molecule has 0 aromatic heterocycles. The molecule has 0 aromatic rings. The van der Waals surface area contributed by atoms with E-state index in [1.807, 2.05) is 0 Å². The molecule has 0 radical (unpaired) electrons. The van der Waals surface area contributed by atoms with Gasteiger partial charge in [-0.3, -0.25) is 0 Å². The van der Waals surface area contributed by atoms with Gasteiger partial charge < -0.3 is 10.3 Å². The highest BCUT2D eigenvalue weighted by Crippen LogP contribution is 2.24. The second-order valence-corrected chi connectivity index (χ2v) is 5.53. The van der Waals surface area contributed by atoms with E-state index in [2.05, 4.69) is 32.9 Å². The number of nitrogens with zero attached hydrogens (tertiary/aromatic N) is 1. The SMILES string of the molecule is CCCC[C@H](CC)C(=NO)[C@@H](O)[C@@H](CC)CCCC. The lowest BCUT2D eigenvalue weighted by atomic mass is 9.83. The van der Waals surface area contributed by atoms with Crippen LogP contribution in [0.3, 0.4) is 0 Å². The molecule has 19 heavy (non-hydrogen) atoms. The van der Waals surface area contributed by atoms with E-state index in [0.717, 1.165) is 51.4 Å². The summed E-state index contributed by atoms with van der Waals surface area (Å²) in [6, 6.07) is 0. The maximum atomic E-state index is 10.5. The summed E-state index contributed by atoms with van der Waals surface area (Å²) in [5.74, 6) is 0.442. The highest BCUT2D eigenvalue weighted by atomic mass is 16.4. The van der Waals surface area contributed by atoms with Crippen LogP contribution in [0.25, 0.3) is 0 Å². The summed E-state index contributed by atoms with van der Waals surface area (Å²) in [5.41, 5.74) is 0.610. The van der Waals surface area contributed by atoms with Crippen LogP contribution in [0.5, 0.6) is 0 Å². The van der Waals surface area contributed by atoms with Crippen molar-refractivity contribution >= 4 is 5.71 Å². The topological polar surface area (TPSA) is 52.8 Å². The largest absolute Gasteiger partial charge is 0.411 e. The molecule has 0 aliphatic rings. The van der Waals surface area contributed by atoms with Crippen LogP contribution in [-0.2, 0) is 0 Å². The molecule has 3 heteroatoms. The van der Waals surface area contributed by atoms with Crippen molar-refractivity contribution in [1.29, 1.82) is 0 Å². The molecule has 0 aliphatic carbocycles. The fourth-order valence-corrected chi connectivity index (χ4v) is 2.69. The summed E-state index contributed by atoms with van der Waals surface area (Å²) in [6.45, 7) is 8.53. The van der Waals surface area contributed by atoms with Crippen molar-refractivity contribution in [1.82, 2.24) is 0 Å². The number of aliphatic hydroxyl groups is 1. The number of oxime groups is 1. The first-order valence-electron chi connectivity index (χ1n) is 8.05. The van der Waals surface area contributed by atoms with E-state index in [-0.39, 0.29) is 11.8 Å². The first-order chi connectivity index (χ1) is 9.15. The Hall–Kier alpha value is -0.570. The average molecular weight is 271 g/mol. The molecule has 0 heterocycles. The molecule has 0 fully saturated rings. The Bertz CT molecular complexity index is 241. The van der Waals surface area contributed by atoms with Crippen LogP contribution in [0.2, 0.25) is 0 Å². The number of hydrogen-bond acceptors (Lipinski definition) is 3. The fraction of sp³-hybridized carbons (Fsp3) is 0.938. The molecule has 0 aliphatic heterocycles. The molecule has 0 unspecified atom stereocenters. The van der Waals surface area contributed by atoms with E-state index in [0.29, 0.717) is 5.71 Å². The van der Waals surface area contributed by atoms with Crippen LogP contribution >= 0.6 is 0 Å². The average Bonchev–Trinajstić information content (AvgIpc) is 2.44. The lowest BCUT2D eigenvalue weighted by molar-refractivity contribution is 0.146. The van der Waals surface area contributed by atoms with Crippen LogP contribution in [0.4, 0.5) is 0 Å². The van der Waals surface area contributed by atoms with Gasteiger partial charge in [-0.2, -0.15) is 0 Å². The molecular weight excluding hydrogens is 238 g/mol. The van der Waals surface area contributed by atoms with Crippen molar-refractivity contribution in [2.24, 2.45) is 17.0 Å². The third-order valence-electron chi connectivity index (χ3n) is 4.14. The molecule has 114 valence electrons. The van der Waals surface area contributed by atoms with Crippen LogP contribution in [0.1, 0.15) is 79.1 Å². The molecule has 0 saturated carbocycles. The van der Waals surface area contributed by atoms with Gasteiger partial charge in [0.05, 0.1) is 11.8 Å². The third-order valence-corrected chi connectivity index (χ3v) is 4.14. The van der Waals surface area contributed by atoms with E-state index >= 15 is 0 Å². The predicted octanol–water partition coefficient (Wildman–Crippen LogP) is 4.61. The summed E-state index contributed by atoms with van der Waals surface area (Å²) in [7, 11) is 0. The number of unbranched alkanes of at least 4 members (excludes halogenated alkanes) is 2. The molecule has 0 rings (SSSR count). The van der Waals surface area contributed by atoms with Crippen LogP contribution in [-0.4, -0.2) is 22.1 Å². The van der Waals surface area contributed by atoms with Crippen molar-refractivity contribution in [2.75, 3.05) is 0 Å². The zero-order valence-corrected chi connectivity index (χ0v) is 13.2. The number of hydrogen-bond donors (Lipinski definition) is 2. The van der Waals surface area contributed by atoms with Gasteiger partial charge in [-0.25, -0.2) is 0 Å². The highest BCUT2D eigenvalue weighted by molar-refractivity contribution is 5.90. The Labute approximate surface area is 119 Å². The minimum absolute atomic E-state index is 0.218. The van der Waals surface area contributed by atoms with Crippen LogP contribution in [0.15, 0.2) is 5.16 Å². The maximum Gasteiger partial charge on any atom is 0.0984 e. The molecule has 0 saturated heterocycles. The normalized spacial score (nSPS) is 17.2. The smallest absolute Gasteiger partial charge is 0.0984 e. The Kier molecular flexibility index (Phi) is 10.9. The fourth-order valence-electron chi connectivity index (χ4n) is 2.69. The minimum Gasteiger partial charge on any atom is -0.411 e. The van der Waals surface area contributed by atoms with Crippen molar-refractivity contribution in [3.8, 4) is 0 Å². The maximum absolute atomic E-state index is 10.5. The molecular formula is C16H33NO2. The van der Waals surface area contributed by atoms with E-state index in [1.54, 1.807) is 0 Å². The van der Waals surface area contributed by atoms with Crippen molar-refractivity contribution < 1.29 is 10.3 Å². The molecule has 3 nitrogen and oxygen atoms in total. The summed E-state index contributed by atoms with van der Waals surface area (Å²) < 4.78 is 0. The van der Waals surface area contributed by atoms with Gasteiger partial charge in [0, 0.05) is 5.92 Å². The van der Waals surface area contributed by atoms with Gasteiger partial charge in [0.2, 0.25) is 0 Å². The van der Waals surface area contributed by atoms with Gasteiger partial charge in [0.15, 0.2) is 0 Å².